The lowest BCUT2D eigenvalue weighted by atomic mass is 10.0. The highest BCUT2D eigenvalue weighted by atomic mass is 32.2. The molecule has 0 aliphatic heterocycles. The van der Waals surface area contributed by atoms with Gasteiger partial charge in [-0.05, 0) is 42.3 Å². The SMILES string of the molecule is CCNC(=O)[C@@H](Cc1ccccc1)N(Cc1cccc(OC)c1)C(=O)CN(c1ccc(OC)c(OC)c1)S(C)(=O)=O. The lowest BCUT2D eigenvalue weighted by Gasteiger charge is -2.33. The van der Waals surface area contributed by atoms with Crippen LogP contribution in [-0.4, -0.2) is 71.8 Å². The molecule has 0 aromatic heterocycles. The number of nitrogens with one attached hydrogen (secondary N) is 1. The van der Waals surface area contributed by atoms with Crippen molar-refractivity contribution in [1.29, 1.82) is 0 Å². The summed E-state index contributed by atoms with van der Waals surface area (Å²) < 4.78 is 42.9. The molecule has 3 rings (SSSR count). The maximum Gasteiger partial charge on any atom is 0.244 e. The number of nitrogens with zero attached hydrogens (tertiary/aromatic N) is 2. The van der Waals surface area contributed by atoms with Crippen molar-refractivity contribution in [2.24, 2.45) is 0 Å². The molecular formula is C30H37N3O7S. The minimum absolute atomic E-state index is 0.0498. The van der Waals surface area contributed by atoms with Crippen molar-refractivity contribution in [2.75, 3.05) is 45.0 Å². The van der Waals surface area contributed by atoms with Crippen LogP contribution in [0.15, 0.2) is 72.8 Å². The van der Waals surface area contributed by atoms with Crippen molar-refractivity contribution in [3.63, 3.8) is 0 Å². The molecule has 1 N–H and O–H groups in total. The van der Waals surface area contributed by atoms with Crippen LogP contribution in [0.3, 0.4) is 0 Å². The summed E-state index contributed by atoms with van der Waals surface area (Å²) in [5, 5.41) is 2.83. The van der Waals surface area contributed by atoms with Crippen molar-refractivity contribution >= 4 is 27.5 Å². The fraction of sp³-hybridized carbons (Fsp3) is 0.333. The van der Waals surface area contributed by atoms with Crippen molar-refractivity contribution < 1.29 is 32.2 Å². The van der Waals surface area contributed by atoms with Crippen LogP contribution < -0.4 is 23.8 Å². The Morgan fingerprint density at radius 2 is 1.54 bits per heavy atom. The number of methoxy groups -OCH3 is 3. The predicted octanol–water partition coefficient (Wildman–Crippen LogP) is 3.25. The summed E-state index contributed by atoms with van der Waals surface area (Å²) in [5.41, 5.74) is 1.79. The minimum Gasteiger partial charge on any atom is -0.497 e. The third-order valence-electron chi connectivity index (χ3n) is 6.44. The molecule has 0 unspecified atom stereocenters. The van der Waals surface area contributed by atoms with E-state index in [-0.39, 0.29) is 24.6 Å². The third-order valence-corrected chi connectivity index (χ3v) is 7.58. The molecule has 0 fully saturated rings. The van der Waals surface area contributed by atoms with Gasteiger partial charge in [0.05, 0.1) is 33.3 Å². The van der Waals surface area contributed by atoms with Gasteiger partial charge in [-0.1, -0.05) is 42.5 Å². The summed E-state index contributed by atoms with van der Waals surface area (Å²) in [6, 6.07) is 20.2. The molecule has 3 aromatic rings. The molecule has 2 amide bonds. The second-order valence-corrected chi connectivity index (χ2v) is 11.2. The Labute approximate surface area is 241 Å². The highest BCUT2D eigenvalue weighted by molar-refractivity contribution is 7.92. The van der Waals surface area contributed by atoms with Gasteiger partial charge in [0.15, 0.2) is 11.5 Å². The van der Waals surface area contributed by atoms with Crippen LogP contribution in [0.1, 0.15) is 18.1 Å². The topological polar surface area (TPSA) is 114 Å². The zero-order chi connectivity index (χ0) is 30.0. The number of ether oxygens (including phenoxy) is 3. The van der Waals surface area contributed by atoms with Crippen LogP contribution in [0, 0.1) is 0 Å². The monoisotopic (exact) mass is 583 g/mol. The molecule has 220 valence electrons. The number of carbonyl (C=O) groups excluding carboxylic acids is 2. The Morgan fingerprint density at radius 1 is 0.854 bits per heavy atom. The smallest absolute Gasteiger partial charge is 0.244 e. The van der Waals surface area contributed by atoms with Gasteiger partial charge in [0.2, 0.25) is 21.8 Å². The maximum absolute atomic E-state index is 14.1. The van der Waals surface area contributed by atoms with E-state index < -0.39 is 28.5 Å². The second-order valence-electron chi connectivity index (χ2n) is 9.28. The standard InChI is InChI=1S/C30H37N3O7S/c1-6-31-30(35)26(18-22-11-8-7-9-12-22)32(20-23-13-10-14-25(17-23)38-2)29(34)21-33(41(5,36)37)24-15-16-27(39-3)28(19-24)40-4/h7-17,19,26H,6,18,20-21H2,1-5H3,(H,31,35)/t26-/m1/s1. The molecule has 0 heterocycles. The van der Waals surface area contributed by atoms with E-state index in [4.69, 9.17) is 14.2 Å². The second kappa shape index (κ2) is 14.4. The van der Waals surface area contributed by atoms with Gasteiger partial charge < -0.3 is 24.4 Å². The van der Waals surface area contributed by atoms with Crippen molar-refractivity contribution in [1.82, 2.24) is 10.2 Å². The third kappa shape index (κ3) is 8.37. The van der Waals surface area contributed by atoms with E-state index >= 15 is 0 Å². The highest BCUT2D eigenvalue weighted by Gasteiger charge is 2.33. The Hall–Kier alpha value is -4.25. The van der Waals surface area contributed by atoms with E-state index in [0.717, 1.165) is 21.7 Å². The van der Waals surface area contributed by atoms with Crippen molar-refractivity contribution in [2.45, 2.75) is 25.9 Å². The number of carbonyl (C=O) groups is 2. The summed E-state index contributed by atoms with van der Waals surface area (Å²) in [4.78, 5) is 28.9. The number of rotatable bonds is 14. The number of sulfonamides is 1. The Morgan fingerprint density at radius 3 is 2.15 bits per heavy atom. The van der Waals surface area contributed by atoms with Gasteiger partial charge in [0.1, 0.15) is 18.3 Å². The van der Waals surface area contributed by atoms with Gasteiger partial charge >= 0.3 is 0 Å². The minimum atomic E-state index is -3.92. The molecule has 0 radical (unpaired) electrons. The summed E-state index contributed by atoms with van der Waals surface area (Å²) in [6.45, 7) is 1.68. The number of likely N-dealkylation sites (N-methyl/N-ethyl adjacent to an activating group) is 1. The van der Waals surface area contributed by atoms with E-state index in [0.29, 0.717) is 23.8 Å². The van der Waals surface area contributed by atoms with Gasteiger partial charge in [0, 0.05) is 25.6 Å². The van der Waals surface area contributed by atoms with Crippen LogP contribution in [0.25, 0.3) is 0 Å². The molecule has 3 aromatic carbocycles. The fourth-order valence-corrected chi connectivity index (χ4v) is 5.25. The molecule has 0 saturated heterocycles. The number of hydrogen-bond donors (Lipinski definition) is 1. The summed E-state index contributed by atoms with van der Waals surface area (Å²) in [5.74, 6) is 0.416. The first-order valence-corrected chi connectivity index (χ1v) is 14.9. The van der Waals surface area contributed by atoms with E-state index in [1.807, 2.05) is 36.4 Å². The van der Waals surface area contributed by atoms with Crippen LogP contribution in [0.5, 0.6) is 17.2 Å². The summed E-state index contributed by atoms with van der Waals surface area (Å²) in [7, 11) is 0.534. The number of hydrogen-bond acceptors (Lipinski definition) is 7. The first-order chi connectivity index (χ1) is 19.6. The van der Waals surface area contributed by atoms with Gasteiger partial charge in [-0.25, -0.2) is 8.42 Å². The molecule has 0 spiro atoms. The normalized spacial score (nSPS) is 11.7. The van der Waals surface area contributed by atoms with E-state index in [9.17, 15) is 18.0 Å². The maximum atomic E-state index is 14.1. The van der Waals surface area contributed by atoms with Crippen LogP contribution in [0.2, 0.25) is 0 Å². The lowest BCUT2D eigenvalue weighted by molar-refractivity contribution is -0.140. The molecule has 10 nitrogen and oxygen atoms in total. The van der Waals surface area contributed by atoms with Gasteiger partial charge in [0.25, 0.3) is 0 Å². The first kappa shape index (κ1) is 31.3. The van der Waals surface area contributed by atoms with Gasteiger partial charge in [-0.15, -0.1) is 0 Å². The molecular weight excluding hydrogens is 546 g/mol. The average Bonchev–Trinajstić information content (AvgIpc) is 2.97. The average molecular weight is 584 g/mol. The largest absolute Gasteiger partial charge is 0.497 e. The van der Waals surface area contributed by atoms with Gasteiger partial charge in [-0.3, -0.25) is 13.9 Å². The first-order valence-electron chi connectivity index (χ1n) is 13.0. The van der Waals surface area contributed by atoms with E-state index in [2.05, 4.69) is 5.32 Å². The van der Waals surface area contributed by atoms with Gasteiger partial charge in [-0.2, -0.15) is 0 Å². The Balaban J connectivity index is 2.07. The molecule has 0 bridgehead atoms. The quantitative estimate of drug-likeness (QED) is 0.310. The Bertz CT molecular complexity index is 1430. The van der Waals surface area contributed by atoms with E-state index in [1.54, 1.807) is 38.3 Å². The van der Waals surface area contributed by atoms with Crippen LogP contribution in [0.4, 0.5) is 5.69 Å². The predicted molar refractivity (Wildman–Crippen MR) is 158 cm³/mol. The molecule has 0 saturated carbocycles. The molecule has 0 aliphatic rings. The number of amides is 2. The fourth-order valence-electron chi connectivity index (χ4n) is 4.41. The van der Waals surface area contributed by atoms with Crippen LogP contribution in [-0.2, 0) is 32.6 Å². The molecule has 11 heteroatoms. The summed E-state index contributed by atoms with van der Waals surface area (Å²) >= 11 is 0. The lowest BCUT2D eigenvalue weighted by Crippen LogP contribution is -2.53. The van der Waals surface area contributed by atoms with Crippen molar-refractivity contribution in [3.05, 3.63) is 83.9 Å². The zero-order valence-electron chi connectivity index (χ0n) is 24.0. The molecule has 0 aliphatic carbocycles. The highest BCUT2D eigenvalue weighted by Crippen LogP contribution is 2.32. The van der Waals surface area contributed by atoms with Crippen molar-refractivity contribution in [3.8, 4) is 17.2 Å². The van der Waals surface area contributed by atoms with E-state index in [1.165, 1.54) is 31.3 Å². The summed E-state index contributed by atoms with van der Waals surface area (Å²) in [6.07, 6.45) is 1.26. The Kier molecular flexibility index (Phi) is 11.0. The zero-order valence-corrected chi connectivity index (χ0v) is 24.8. The molecule has 41 heavy (non-hydrogen) atoms. The molecule has 1 atom stereocenters. The van der Waals surface area contributed by atoms with Crippen LogP contribution >= 0.6 is 0 Å². The number of anilines is 1. The number of benzene rings is 3.